The van der Waals surface area contributed by atoms with E-state index in [9.17, 15) is 0 Å². The van der Waals surface area contributed by atoms with E-state index in [-0.39, 0.29) is 0 Å². The van der Waals surface area contributed by atoms with Crippen molar-refractivity contribution in [3.05, 3.63) is 71.3 Å². The van der Waals surface area contributed by atoms with Gasteiger partial charge in [0, 0.05) is 0 Å². The summed E-state index contributed by atoms with van der Waals surface area (Å²) in [6.45, 7) is 2.28. The van der Waals surface area contributed by atoms with Gasteiger partial charge in [0.1, 0.15) is 0 Å². The highest BCUT2D eigenvalue weighted by Gasteiger charge is 1.99. The zero-order valence-electron chi connectivity index (χ0n) is 14.5. The molecule has 0 N–H and O–H groups in total. The fraction of sp³-hybridized carbons (Fsp3) is 0.391. The lowest BCUT2D eigenvalue weighted by Crippen LogP contribution is -1.90. The molecular formula is C23H30. The number of benzene rings is 2. The molecule has 0 fully saturated rings. The Morgan fingerprint density at radius 1 is 0.652 bits per heavy atom. The largest absolute Gasteiger partial charge is 0.0654 e. The lowest BCUT2D eigenvalue weighted by molar-refractivity contribution is 0.589. The molecule has 2 aromatic rings. The second-order valence-electron chi connectivity index (χ2n) is 6.31. The van der Waals surface area contributed by atoms with E-state index in [1.165, 1.54) is 68.1 Å². The van der Waals surface area contributed by atoms with Crippen LogP contribution < -0.4 is 0 Å². The quantitative estimate of drug-likeness (QED) is 0.323. The van der Waals surface area contributed by atoms with Crippen LogP contribution in [0.3, 0.4) is 0 Å². The van der Waals surface area contributed by atoms with Gasteiger partial charge in [-0.3, -0.25) is 0 Å². The van der Waals surface area contributed by atoms with Gasteiger partial charge < -0.3 is 0 Å². The lowest BCUT2D eigenvalue weighted by Gasteiger charge is -2.06. The summed E-state index contributed by atoms with van der Waals surface area (Å²) in [5.41, 5.74) is 4.11. The van der Waals surface area contributed by atoms with Crippen molar-refractivity contribution in [1.82, 2.24) is 0 Å². The molecule has 2 aromatic carbocycles. The maximum absolute atomic E-state index is 2.28. The number of hydrogen-bond acceptors (Lipinski definition) is 0. The third-order valence-corrected chi connectivity index (χ3v) is 4.36. The normalized spacial score (nSPS) is 11.2. The van der Waals surface area contributed by atoms with Gasteiger partial charge in [0.05, 0.1) is 0 Å². The fourth-order valence-corrected chi connectivity index (χ4v) is 2.95. The Hall–Kier alpha value is -1.82. The van der Waals surface area contributed by atoms with Gasteiger partial charge in [-0.05, 0) is 29.5 Å². The van der Waals surface area contributed by atoms with Crippen LogP contribution in [0.1, 0.15) is 68.6 Å². The molecule has 0 nitrogen and oxygen atoms in total. The Morgan fingerprint density at radius 3 is 2.09 bits per heavy atom. The van der Waals surface area contributed by atoms with Gasteiger partial charge in [0.2, 0.25) is 0 Å². The summed E-state index contributed by atoms with van der Waals surface area (Å²) in [4.78, 5) is 0. The van der Waals surface area contributed by atoms with Crippen LogP contribution in [0.2, 0.25) is 0 Å². The topological polar surface area (TPSA) is 0 Å². The molecule has 0 amide bonds. The molecule has 0 unspecified atom stereocenters. The minimum Gasteiger partial charge on any atom is -0.0654 e. The van der Waals surface area contributed by atoms with E-state index in [1.807, 2.05) is 0 Å². The first-order valence-electron chi connectivity index (χ1n) is 9.21. The first kappa shape index (κ1) is 17.5. The van der Waals surface area contributed by atoms with Crippen LogP contribution in [0.5, 0.6) is 0 Å². The lowest BCUT2D eigenvalue weighted by atomic mass is 9.99. The molecule has 122 valence electrons. The predicted molar refractivity (Wildman–Crippen MR) is 104 cm³/mol. The van der Waals surface area contributed by atoms with Crippen molar-refractivity contribution < 1.29 is 0 Å². The molecule has 0 heteroatoms. The zero-order chi connectivity index (χ0) is 16.2. The molecule has 0 heterocycles. The van der Waals surface area contributed by atoms with Crippen molar-refractivity contribution in [3.63, 3.8) is 0 Å². The summed E-state index contributed by atoms with van der Waals surface area (Å²) in [5, 5.41) is 0. The van der Waals surface area contributed by atoms with E-state index < -0.39 is 0 Å². The summed E-state index contributed by atoms with van der Waals surface area (Å²) in [5.74, 6) is 0. The molecule has 0 saturated carbocycles. The van der Waals surface area contributed by atoms with Crippen molar-refractivity contribution in [3.8, 4) is 0 Å². The highest BCUT2D eigenvalue weighted by atomic mass is 14.0. The van der Waals surface area contributed by atoms with Crippen molar-refractivity contribution in [2.45, 2.75) is 58.3 Å². The first-order valence-corrected chi connectivity index (χ1v) is 9.21. The van der Waals surface area contributed by atoms with Gasteiger partial charge in [-0.2, -0.15) is 0 Å². The molecule has 0 atom stereocenters. The number of hydrogen-bond donors (Lipinski definition) is 0. The van der Waals surface area contributed by atoms with Gasteiger partial charge >= 0.3 is 0 Å². The molecule has 0 bridgehead atoms. The zero-order valence-corrected chi connectivity index (χ0v) is 14.5. The molecule has 0 radical (unpaired) electrons. The Labute approximate surface area is 142 Å². The highest BCUT2D eigenvalue weighted by molar-refractivity contribution is 5.71. The van der Waals surface area contributed by atoms with Crippen molar-refractivity contribution in [1.29, 1.82) is 0 Å². The summed E-state index contributed by atoms with van der Waals surface area (Å²) < 4.78 is 0. The fourth-order valence-electron chi connectivity index (χ4n) is 2.95. The molecule has 0 aliphatic heterocycles. The predicted octanol–water partition coefficient (Wildman–Crippen LogP) is 7.15. The van der Waals surface area contributed by atoms with Crippen LogP contribution in [-0.2, 0) is 6.42 Å². The van der Waals surface area contributed by atoms with Crippen LogP contribution in [0.25, 0.3) is 12.2 Å². The molecule has 2 rings (SSSR count). The van der Waals surface area contributed by atoms with Crippen LogP contribution in [0.4, 0.5) is 0 Å². The van der Waals surface area contributed by atoms with E-state index in [0.717, 1.165) is 0 Å². The van der Waals surface area contributed by atoms with E-state index >= 15 is 0 Å². The first-order chi connectivity index (χ1) is 11.4. The second-order valence-corrected chi connectivity index (χ2v) is 6.31. The Morgan fingerprint density at radius 2 is 1.30 bits per heavy atom. The van der Waals surface area contributed by atoms with Crippen molar-refractivity contribution >= 4 is 12.2 Å². The number of rotatable bonds is 10. The van der Waals surface area contributed by atoms with Crippen LogP contribution in [0.15, 0.2) is 54.6 Å². The average molecular weight is 306 g/mol. The Bertz CT molecular complexity index is 566. The minimum atomic E-state index is 1.20. The monoisotopic (exact) mass is 306 g/mol. The van der Waals surface area contributed by atoms with Gasteiger partial charge in [-0.15, -0.1) is 0 Å². The number of aryl methyl sites for hydroxylation is 1. The Kier molecular flexibility index (Phi) is 8.26. The van der Waals surface area contributed by atoms with E-state index in [2.05, 4.69) is 73.7 Å². The van der Waals surface area contributed by atoms with Gasteiger partial charge in [0.25, 0.3) is 0 Å². The van der Waals surface area contributed by atoms with Crippen LogP contribution in [0, 0.1) is 0 Å². The van der Waals surface area contributed by atoms with Crippen LogP contribution >= 0.6 is 0 Å². The summed E-state index contributed by atoms with van der Waals surface area (Å²) in [7, 11) is 0. The molecule has 0 spiro atoms. The summed E-state index contributed by atoms with van der Waals surface area (Å²) in [6.07, 6.45) is 15.3. The minimum absolute atomic E-state index is 1.20. The van der Waals surface area contributed by atoms with Gasteiger partial charge in [0.15, 0.2) is 0 Å². The SMILES string of the molecule is CCCCCCCCCc1ccccc1C=Cc1ccccc1. The second kappa shape index (κ2) is 10.8. The van der Waals surface area contributed by atoms with Crippen molar-refractivity contribution in [2.75, 3.05) is 0 Å². The van der Waals surface area contributed by atoms with Gasteiger partial charge in [-0.1, -0.05) is 112 Å². The third kappa shape index (κ3) is 6.86. The van der Waals surface area contributed by atoms with Crippen molar-refractivity contribution in [2.24, 2.45) is 0 Å². The maximum Gasteiger partial charge on any atom is -0.0224 e. The molecule has 0 saturated heterocycles. The number of unbranched alkanes of at least 4 members (excludes halogenated alkanes) is 6. The smallest absolute Gasteiger partial charge is 0.0224 e. The molecule has 0 aliphatic rings. The summed E-state index contributed by atoms with van der Waals surface area (Å²) in [6, 6.07) is 19.3. The third-order valence-electron chi connectivity index (χ3n) is 4.36. The summed E-state index contributed by atoms with van der Waals surface area (Å²) >= 11 is 0. The molecular weight excluding hydrogens is 276 g/mol. The van der Waals surface area contributed by atoms with E-state index in [4.69, 9.17) is 0 Å². The standard InChI is InChI=1S/C23H30/c1-2-3-4-5-6-7-11-16-22-17-12-13-18-23(22)20-19-21-14-9-8-10-15-21/h8-10,12-15,17-20H,2-7,11,16H2,1H3. The average Bonchev–Trinajstić information content (AvgIpc) is 2.61. The van der Waals surface area contributed by atoms with E-state index in [1.54, 1.807) is 0 Å². The highest BCUT2D eigenvalue weighted by Crippen LogP contribution is 2.17. The maximum atomic E-state index is 2.28. The van der Waals surface area contributed by atoms with Crippen LogP contribution in [-0.4, -0.2) is 0 Å². The molecule has 0 aromatic heterocycles. The molecule has 23 heavy (non-hydrogen) atoms. The Balaban J connectivity index is 1.82. The van der Waals surface area contributed by atoms with E-state index in [0.29, 0.717) is 0 Å². The molecule has 0 aliphatic carbocycles. The van der Waals surface area contributed by atoms with Gasteiger partial charge in [-0.25, -0.2) is 0 Å².